The van der Waals surface area contributed by atoms with Crippen molar-refractivity contribution in [3.05, 3.63) is 0 Å². The van der Waals surface area contributed by atoms with Crippen LogP contribution in [0.1, 0.15) is 64.2 Å². The van der Waals surface area contributed by atoms with Gasteiger partial charge in [-0.05, 0) is 32.2 Å². The Labute approximate surface area is 105 Å². The molecule has 1 aliphatic heterocycles. The Morgan fingerprint density at radius 2 is 1.53 bits per heavy atom. The second-order valence-corrected chi connectivity index (χ2v) is 5.55. The largest absolute Gasteiger partial charge is 0.352 e. The van der Waals surface area contributed by atoms with E-state index in [1.165, 1.54) is 57.8 Å². The molecule has 0 radical (unpaired) electrons. The fourth-order valence-corrected chi connectivity index (χ4v) is 2.98. The lowest BCUT2D eigenvalue weighted by Gasteiger charge is -2.27. The number of nitrogens with one attached hydrogen (secondary N) is 2. The second kappa shape index (κ2) is 7.00. The summed E-state index contributed by atoms with van der Waals surface area (Å²) in [6, 6.07) is 0.515. The van der Waals surface area contributed by atoms with E-state index in [9.17, 15) is 4.79 Å². The van der Waals surface area contributed by atoms with Crippen LogP contribution in [0, 0.1) is 0 Å². The average Bonchev–Trinajstić information content (AvgIpc) is 2.33. The molecule has 1 amide bonds. The van der Waals surface area contributed by atoms with Crippen LogP contribution in [0.4, 0.5) is 0 Å². The van der Waals surface area contributed by atoms with Gasteiger partial charge in [-0.15, -0.1) is 0 Å². The Kier molecular flexibility index (Phi) is 5.30. The summed E-state index contributed by atoms with van der Waals surface area (Å²) in [6.45, 7) is 1.00. The normalized spacial score (nSPS) is 28.1. The van der Waals surface area contributed by atoms with Gasteiger partial charge >= 0.3 is 0 Å². The van der Waals surface area contributed by atoms with Gasteiger partial charge in [0.1, 0.15) is 0 Å². The Morgan fingerprint density at radius 1 is 0.882 bits per heavy atom. The first kappa shape index (κ1) is 12.9. The van der Waals surface area contributed by atoms with Crippen LogP contribution >= 0.6 is 0 Å². The van der Waals surface area contributed by atoms with E-state index in [0.29, 0.717) is 6.04 Å². The highest BCUT2D eigenvalue weighted by molar-refractivity contribution is 5.82. The summed E-state index contributed by atoms with van der Waals surface area (Å²) in [6.07, 6.45) is 12.4. The van der Waals surface area contributed by atoms with E-state index in [0.717, 1.165) is 13.0 Å². The Hall–Kier alpha value is -0.570. The summed E-state index contributed by atoms with van der Waals surface area (Å²) in [5.74, 6) is 0.246. The molecular formula is C14H26N2O. The molecular weight excluding hydrogens is 212 g/mol. The minimum Gasteiger partial charge on any atom is -0.352 e. The minimum absolute atomic E-state index is 0.0780. The van der Waals surface area contributed by atoms with Crippen molar-refractivity contribution in [2.75, 3.05) is 6.54 Å². The van der Waals surface area contributed by atoms with E-state index in [-0.39, 0.29) is 11.9 Å². The molecule has 0 aromatic carbocycles. The van der Waals surface area contributed by atoms with Crippen molar-refractivity contribution in [1.29, 1.82) is 0 Å². The summed E-state index contributed by atoms with van der Waals surface area (Å²) in [5, 5.41) is 6.58. The van der Waals surface area contributed by atoms with Crippen LogP contribution < -0.4 is 10.6 Å². The number of carbonyl (C=O) groups is 1. The number of hydrogen-bond donors (Lipinski definition) is 2. The van der Waals surface area contributed by atoms with E-state index >= 15 is 0 Å². The topological polar surface area (TPSA) is 41.1 Å². The van der Waals surface area contributed by atoms with E-state index in [4.69, 9.17) is 0 Å². The minimum atomic E-state index is 0.0780. The van der Waals surface area contributed by atoms with Crippen molar-refractivity contribution in [3.8, 4) is 0 Å². The smallest absolute Gasteiger partial charge is 0.237 e. The summed E-state index contributed by atoms with van der Waals surface area (Å²) in [4.78, 5) is 12.1. The van der Waals surface area contributed by atoms with E-state index in [2.05, 4.69) is 10.6 Å². The Bertz CT molecular complexity index is 228. The zero-order chi connectivity index (χ0) is 11.9. The summed E-state index contributed by atoms with van der Waals surface area (Å²) < 4.78 is 0. The molecule has 3 heteroatoms. The SMILES string of the molecule is O=C(NC1CCCCCCC1)[C@H]1CCCCN1. The molecule has 1 saturated carbocycles. The first-order valence-electron chi connectivity index (χ1n) is 7.40. The molecule has 0 aromatic rings. The number of rotatable bonds is 2. The molecule has 0 spiro atoms. The lowest BCUT2D eigenvalue weighted by Crippen LogP contribution is -2.49. The lowest BCUT2D eigenvalue weighted by atomic mass is 9.96. The zero-order valence-electron chi connectivity index (χ0n) is 10.8. The molecule has 1 saturated heterocycles. The van der Waals surface area contributed by atoms with Gasteiger partial charge in [-0.2, -0.15) is 0 Å². The second-order valence-electron chi connectivity index (χ2n) is 5.55. The van der Waals surface area contributed by atoms with Gasteiger partial charge in [0, 0.05) is 6.04 Å². The molecule has 0 unspecified atom stereocenters. The molecule has 2 rings (SSSR count). The van der Waals surface area contributed by atoms with Crippen molar-refractivity contribution in [2.24, 2.45) is 0 Å². The zero-order valence-corrected chi connectivity index (χ0v) is 10.8. The molecule has 1 aliphatic carbocycles. The van der Waals surface area contributed by atoms with Gasteiger partial charge in [0.15, 0.2) is 0 Å². The van der Waals surface area contributed by atoms with Crippen LogP contribution in [-0.4, -0.2) is 24.5 Å². The average molecular weight is 238 g/mol. The quantitative estimate of drug-likeness (QED) is 0.775. The monoisotopic (exact) mass is 238 g/mol. The van der Waals surface area contributed by atoms with Crippen LogP contribution in [0.5, 0.6) is 0 Å². The molecule has 2 N–H and O–H groups in total. The predicted molar refractivity (Wildman–Crippen MR) is 69.9 cm³/mol. The van der Waals surface area contributed by atoms with Gasteiger partial charge in [0.25, 0.3) is 0 Å². The highest BCUT2D eigenvalue weighted by Crippen LogP contribution is 2.17. The third-order valence-electron chi connectivity index (χ3n) is 4.08. The maximum Gasteiger partial charge on any atom is 0.237 e. The van der Waals surface area contributed by atoms with E-state index in [1.54, 1.807) is 0 Å². The molecule has 2 aliphatic rings. The van der Waals surface area contributed by atoms with Crippen LogP contribution in [0.25, 0.3) is 0 Å². The summed E-state index contributed by atoms with van der Waals surface area (Å²) in [5.41, 5.74) is 0. The molecule has 3 nitrogen and oxygen atoms in total. The van der Waals surface area contributed by atoms with Gasteiger partial charge < -0.3 is 10.6 Å². The van der Waals surface area contributed by atoms with E-state index < -0.39 is 0 Å². The molecule has 98 valence electrons. The third-order valence-corrected chi connectivity index (χ3v) is 4.08. The fourth-order valence-electron chi connectivity index (χ4n) is 2.98. The van der Waals surface area contributed by atoms with Crippen LogP contribution in [-0.2, 0) is 4.79 Å². The van der Waals surface area contributed by atoms with Crippen molar-refractivity contribution in [2.45, 2.75) is 76.3 Å². The summed E-state index contributed by atoms with van der Waals surface area (Å²) in [7, 11) is 0. The fraction of sp³-hybridized carbons (Fsp3) is 0.929. The van der Waals surface area contributed by atoms with Gasteiger partial charge in [-0.25, -0.2) is 0 Å². The van der Waals surface area contributed by atoms with Crippen molar-refractivity contribution >= 4 is 5.91 Å². The molecule has 1 atom stereocenters. The third kappa shape index (κ3) is 4.30. The number of amides is 1. The first-order chi connectivity index (χ1) is 8.36. The first-order valence-corrected chi connectivity index (χ1v) is 7.40. The van der Waals surface area contributed by atoms with Crippen molar-refractivity contribution < 1.29 is 4.79 Å². The number of carbonyl (C=O) groups excluding carboxylic acids is 1. The number of piperidine rings is 1. The van der Waals surface area contributed by atoms with Crippen LogP contribution in [0.3, 0.4) is 0 Å². The van der Waals surface area contributed by atoms with Gasteiger partial charge in [0.05, 0.1) is 6.04 Å². The van der Waals surface area contributed by atoms with Crippen molar-refractivity contribution in [3.63, 3.8) is 0 Å². The molecule has 0 bridgehead atoms. The molecule has 2 fully saturated rings. The predicted octanol–water partition coefficient (Wildman–Crippen LogP) is 2.36. The molecule has 0 aromatic heterocycles. The molecule has 17 heavy (non-hydrogen) atoms. The van der Waals surface area contributed by atoms with Crippen LogP contribution in [0.2, 0.25) is 0 Å². The van der Waals surface area contributed by atoms with Gasteiger partial charge in [-0.3, -0.25) is 4.79 Å². The summed E-state index contributed by atoms with van der Waals surface area (Å²) >= 11 is 0. The van der Waals surface area contributed by atoms with Gasteiger partial charge in [0.2, 0.25) is 5.91 Å². The van der Waals surface area contributed by atoms with Gasteiger partial charge in [-0.1, -0.05) is 38.5 Å². The van der Waals surface area contributed by atoms with Crippen molar-refractivity contribution in [1.82, 2.24) is 10.6 Å². The Morgan fingerprint density at radius 3 is 2.18 bits per heavy atom. The maximum absolute atomic E-state index is 12.1. The van der Waals surface area contributed by atoms with Crippen LogP contribution in [0.15, 0.2) is 0 Å². The number of hydrogen-bond acceptors (Lipinski definition) is 2. The lowest BCUT2D eigenvalue weighted by molar-refractivity contribution is -0.124. The highest BCUT2D eigenvalue weighted by Gasteiger charge is 2.22. The Balaban J connectivity index is 1.75. The van der Waals surface area contributed by atoms with E-state index in [1.807, 2.05) is 0 Å². The molecule has 1 heterocycles. The highest BCUT2D eigenvalue weighted by atomic mass is 16.2. The standard InChI is InChI=1S/C14H26N2O/c17-14(13-10-6-7-11-15-13)16-12-8-4-2-1-3-5-9-12/h12-13,15H,1-11H2,(H,16,17)/t13-/m1/s1. The maximum atomic E-state index is 12.1.